The molecule has 142 valence electrons. The van der Waals surface area contributed by atoms with E-state index < -0.39 is 4.92 Å². The zero-order valence-corrected chi connectivity index (χ0v) is 15.8. The van der Waals surface area contributed by atoms with Crippen LogP contribution in [-0.4, -0.2) is 32.3 Å². The standard InChI is InChI=1S/C19H17N5O3S/c1-23-17-11-5-3-9-15(17)21-19(23)28-13-18(25)22-20-12-6-8-14-7-2-4-10-16(14)24(26)27/h2-12H,13H2,1H3,(H,22,25)/b8-6-,20-12?. The van der Waals surface area contributed by atoms with Crippen molar-refractivity contribution in [3.63, 3.8) is 0 Å². The Morgan fingerprint density at radius 1 is 1.29 bits per heavy atom. The summed E-state index contributed by atoms with van der Waals surface area (Å²) in [6, 6.07) is 14.1. The van der Waals surface area contributed by atoms with Gasteiger partial charge in [-0.2, -0.15) is 5.10 Å². The Hall–Kier alpha value is -3.46. The highest BCUT2D eigenvalue weighted by Crippen LogP contribution is 2.22. The predicted molar refractivity (Wildman–Crippen MR) is 110 cm³/mol. The molecule has 0 aliphatic carbocycles. The minimum Gasteiger partial charge on any atom is -0.322 e. The van der Waals surface area contributed by atoms with Gasteiger partial charge in [-0.1, -0.05) is 36.0 Å². The van der Waals surface area contributed by atoms with Crippen LogP contribution in [0.3, 0.4) is 0 Å². The largest absolute Gasteiger partial charge is 0.322 e. The molecule has 9 heteroatoms. The van der Waals surface area contributed by atoms with Crippen molar-refractivity contribution in [1.29, 1.82) is 0 Å². The van der Waals surface area contributed by atoms with Gasteiger partial charge >= 0.3 is 0 Å². The molecule has 0 atom stereocenters. The maximum Gasteiger partial charge on any atom is 0.276 e. The number of nitro benzene ring substituents is 1. The van der Waals surface area contributed by atoms with Crippen LogP contribution in [0, 0.1) is 10.1 Å². The van der Waals surface area contributed by atoms with E-state index in [2.05, 4.69) is 15.5 Å². The highest BCUT2D eigenvalue weighted by Gasteiger charge is 2.10. The van der Waals surface area contributed by atoms with Crippen LogP contribution in [0.2, 0.25) is 0 Å². The van der Waals surface area contributed by atoms with Gasteiger partial charge in [0.15, 0.2) is 5.16 Å². The number of para-hydroxylation sites is 3. The van der Waals surface area contributed by atoms with E-state index in [0.717, 1.165) is 16.2 Å². The second-order valence-corrected chi connectivity index (χ2v) is 6.66. The van der Waals surface area contributed by atoms with E-state index in [1.54, 1.807) is 24.3 Å². The smallest absolute Gasteiger partial charge is 0.276 e. The fraction of sp³-hybridized carbons (Fsp3) is 0.105. The van der Waals surface area contributed by atoms with Crippen molar-refractivity contribution in [3.8, 4) is 0 Å². The summed E-state index contributed by atoms with van der Waals surface area (Å²) in [5.74, 6) is -0.102. The lowest BCUT2D eigenvalue weighted by Gasteiger charge is -2.01. The average molecular weight is 395 g/mol. The number of fused-ring (bicyclic) bond motifs is 1. The number of hydrazone groups is 1. The van der Waals surface area contributed by atoms with Crippen molar-refractivity contribution in [2.75, 3.05) is 5.75 Å². The van der Waals surface area contributed by atoms with Crippen LogP contribution in [0.1, 0.15) is 5.56 Å². The van der Waals surface area contributed by atoms with E-state index in [9.17, 15) is 14.9 Å². The number of nitrogens with zero attached hydrogens (tertiary/aromatic N) is 4. The third-order valence-corrected chi connectivity index (χ3v) is 4.87. The first-order valence-electron chi connectivity index (χ1n) is 8.32. The summed E-state index contributed by atoms with van der Waals surface area (Å²) in [7, 11) is 1.90. The number of thioether (sulfide) groups is 1. The van der Waals surface area contributed by atoms with Crippen molar-refractivity contribution < 1.29 is 9.72 Å². The van der Waals surface area contributed by atoms with Gasteiger partial charge in [-0.15, -0.1) is 0 Å². The van der Waals surface area contributed by atoms with Crippen molar-refractivity contribution in [2.45, 2.75) is 5.16 Å². The molecule has 0 aliphatic heterocycles. The van der Waals surface area contributed by atoms with E-state index in [4.69, 9.17) is 0 Å². The molecule has 1 N–H and O–H groups in total. The van der Waals surface area contributed by atoms with Gasteiger partial charge < -0.3 is 4.57 Å². The van der Waals surface area contributed by atoms with Gasteiger partial charge in [-0.3, -0.25) is 14.9 Å². The van der Waals surface area contributed by atoms with E-state index in [0.29, 0.717) is 5.56 Å². The Labute approximate surface area is 165 Å². The highest BCUT2D eigenvalue weighted by atomic mass is 32.2. The first-order chi connectivity index (χ1) is 13.6. The summed E-state index contributed by atoms with van der Waals surface area (Å²) < 4.78 is 1.94. The Bertz CT molecular complexity index is 1070. The average Bonchev–Trinajstić information content (AvgIpc) is 3.02. The quantitative estimate of drug-likeness (QED) is 0.286. The van der Waals surface area contributed by atoms with Crippen LogP contribution in [0.4, 0.5) is 5.69 Å². The number of nitrogens with one attached hydrogen (secondary N) is 1. The molecular weight excluding hydrogens is 378 g/mol. The van der Waals surface area contributed by atoms with E-state index in [-0.39, 0.29) is 17.3 Å². The normalized spacial score (nSPS) is 11.5. The van der Waals surface area contributed by atoms with Gasteiger partial charge in [0.25, 0.3) is 11.6 Å². The number of amides is 1. The lowest BCUT2D eigenvalue weighted by Crippen LogP contribution is -2.19. The molecule has 0 saturated carbocycles. The van der Waals surface area contributed by atoms with Crippen LogP contribution < -0.4 is 5.43 Å². The van der Waals surface area contributed by atoms with Crippen molar-refractivity contribution in [2.24, 2.45) is 12.1 Å². The van der Waals surface area contributed by atoms with Crippen LogP contribution in [0.25, 0.3) is 17.1 Å². The number of hydrogen-bond donors (Lipinski definition) is 1. The summed E-state index contributed by atoms with van der Waals surface area (Å²) in [6.45, 7) is 0. The molecule has 0 fully saturated rings. The number of nitro groups is 1. The molecule has 0 spiro atoms. The summed E-state index contributed by atoms with van der Waals surface area (Å²) in [5.41, 5.74) is 4.77. The molecular formula is C19H17N5O3S. The third kappa shape index (κ3) is 4.63. The summed E-state index contributed by atoms with van der Waals surface area (Å²) in [5, 5.41) is 15.5. The molecule has 3 rings (SSSR count). The molecule has 1 heterocycles. The molecule has 0 aliphatic rings. The van der Waals surface area contributed by atoms with Gasteiger partial charge in [0.2, 0.25) is 0 Å². The molecule has 8 nitrogen and oxygen atoms in total. The Balaban J connectivity index is 1.51. The van der Waals surface area contributed by atoms with Crippen molar-refractivity contribution >= 4 is 46.7 Å². The number of imidazole rings is 1. The molecule has 28 heavy (non-hydrogen) atoms. The van der Waals surface area contributed by atoms with Crippen LogP contribution in [-0.2, 0) is 11.8 Å². The lowest BCUT2D eigenvalue weighted by molar-refractivity contribution is -0.385. The van der Waals surface area contributed by atoms with Gasteiger partial charge in [0, 0.05) is 19.3 Å². The number of allylic oxidation sites excluding steroid dienone is 1. The minimum absolute atomic E-state index is 0.00930. The van der Waals surface area contributed by atoms with E-state index in [1.807, 2.05) is 35.9 Å². The maximum atomic E-state index is 11.9. The monoisotopic (exact) mass is 395 g/mol. The summed E-state index contributed by atoms with van der Waals surface area (Å²) in [4.78, 5) is 26.9. The van der Waals surface area contributed by atoms with Crippen LogP contribution in [0.5, 0.6) is 0 Å². The fourth-order valence-electron chi connectivity index (χ4n) is 2.51. The van der Waals surface area contributed by atoms with E-state index >= 15 is 0 Å². The van der Waals surface area contributed by atoms with Crippen molar-refractivity contribution in [3.05, 3.63) is 70.3 Å². The van der Waals surface area contributed by atoms with Gasteiger partial charge in [0.05, 0.1) is 27.3 Å². The molecule has 1 amide bonds. The highest BCUT2D eigenvalue weighted by molar-refractivity contribution is 7.99. The number of hydrogen-bond acceptors (Lipinski definition) is 6. The SMILES string of the molecule is Cn1c(SCC(=O)NN=C/C=C\c2ccccc2[N+](=O)[O-])nc2ccccc21. The minimum atomic E-state index is -0.448. The van der Waals surface area contributed by atoms with Gasteiger partial charge in [-0.25, -0.2) is 10.4 Å². The van der Waals surface area contributed by atoms with Gasteiger partial charge in [-0.05, 0) is 30.4 Å². The van der Waals surface area contributed by atoms with Gasteiger partial charge in [0.1, 0.15) is 0 Å². The molecule has 2 aromatic carbocycles. The number of carbonyl (C=O) groups is 1. The van der Waals surface area contributed by atoms with E-state index in [1.165, 1.54) is 30.1 Å². The number of aromatic nitrogens is 2. The molecule has 0 saturated heterocycles. The Morgan fingerprint density at radius 2 is 2.04 bits per heavy atom. The number of benzene rings is 2. The van der Waals surface area contributed by atoms with Crippen LogP contribution >= 0.6 is 11.8 Å². The third-order valence-electron chi connectivity index (χ3n) is 3.84. The fourth-order valence-corrected chi connectivity index (χ4v) is 3.29. The number of aryl methyl sites for hydroxylation is 1. The Kier molecular flexibility index (Phi) is 6.18. The maximum absolute atomic E-state index is 11.9. The zero-order valence-electron chi connectivity index (χ0n) is 15.0. The molecule has 3 aromatic rings. The second-order valence-electron chi connectivity index (χ2n) is 5.72. The molecule has 0 radical (unpaired) electrons. The second kappa shape index (κ2) is 8.96. The lowest BCUT2D eigenvalue weighted by atomic mass is 10.2. The first-order valence-corrected chi connectivity index (χ1v) is 9.31. The molecule has 0 bridgehead atoms. The van der Waals surface area contributed by atoms with Crippen molar-refractivity contribution in [1.82, 2.24) is 15.0 Å². The number of rotatable bonds is 7. The Morgan fingerprint density at radius 3 is 2.82 bits per heavy atom. The predicted octanol–water partition coefficient (Wildman–Crippen LogP) is 3.39. The number of carbonyl (C=O) groups excluding carboxylic acids is 1. The first kappa shape index (κ1) is 19.3. The summed E-state index contributed by atoms with van der Waals surface area (Å²) >= 11 is 1.32. The summed E-state index contributed by atoms with van der Waals surface area (Å²) in [6.07, 6.45) is 4.46. The van der Waals surface area contributed by atoms with Crippen LogP contribution in [0.15, 0.2) is 64.9 Å². The molecule has 1 aromatic heterocycles. The topological polar surface area (TPSA) is 102 Å². The molecule has 0 unspecified atom stereocenters. The zero-order chi connectivity index (χ0) is 19.9.